The lowest BCUT2D eigenvalue weighted by Gasteiger charge is -2.58. The maximum Gasteiger partial charge on any atom is 0.336 e. The first kappa shape index (κ1) is 25.4. The molecule has 6 heteroatoms. The van der Waals surface area contributed by atoms with Crippen LogP contribution in [-0.2, 0) is 18.8 Å². The number of cyclic esters (lactones) is 1. The molecule has 0 unspecified atom stereocenters. The molecule has 1 aliphatic heterocycles. The van der Waals surface area contributed by atoms with Crippen molar-refractivity contribution >= 4 is 20.1 Å². The lowest BCUT2D eigenvalue weighted by molar-refractivity contribution is -0.150. The third-order valence-corrected chi connectivity index (χ3v) is 13.7. The van der Waals surface area contributed by atoms with Gasteiger partial charge in [0.1, 0.15) is 18.5 Å². The summed E-state index contributed by atoms with van der Waals surface area (Å²) in [6.45, 7) is 20.5. The fourth-order valence-electron chi connectivity index (χ4n) is 5.89. The fourth-order valence-corrected chi connectivity index (χ4v) is 6.99. The highest BCUT2D eigenvalue weighted by Crippen LogP contribution is 2.61. The minimum Gasteiger partial charge on any atom is -0.459 e. The Hall–Kier alpha value is -1.24. The first-order valence-corrected chi connectivity index (χ1v) is 14.9. The number of carbonyl (C=O) groups excluding carboxylic acids is 2. The number of ether oxygens (including phenoxy) is 1. The van der Waals surface area contributed by atoms with E-state index < -0.39 is 25.8 Å². The first-order chi connectivity index (χ1) is 14.6. The van der Waals surface area contributed by atoms with Crippen LogP contribution < -0.4 is 0 Å². The number of carbonyl (C=O) groups is 2. The van der Waals surface area contributed by atoms with E-state index in [1.165, 1.54) is 5.57 Å². The van der Waals surface area contributed by atoms with E-state index in [2.05, 4.69) is 54.3 Å². The molecule has 32 heavy (non-hydrogen) atoms. The second-order valence-electron chi connectivity index (χ2n) is 12.2. The summed E-state index contributed by atoms with van der Waals surface area (Å²) in [6, 6.07) is 0. The van der Waals surface area contributed by atoms with E-state index in [1.807, 2.05) is 6.08 Å². The van der Waals surface area contributed by atoms with Crippen LogP contribution in [0.3, 0.4) is 0 Å². The largest absolute Gasteiger partial charge is 0.459 e. The van der Waals surface area contributed by atoms with E-state index >= 15 is 0 Å². The second-order valence-corrected chi connectivity index (χ2v) is 17.0. The monoisotopic (exact) mass is 462 g/mol. The van der Waals surface area contributed by atoms with Crippen molar-refractivity contribution in [1.82, 2.24) is 0 Å². The first-order valence-electron chi connectivity index (χ1n) is 12.0. The van der Waals surface area contributed by atoms with Gasteiger partial charge in [0, 0.05) is 13.0 Å². The summed E-state index contributed by atoms with van der Waals surface area (Å²) >= 11 is 0. The molecule has 2 saturated carbocycles. The fraction of sp³-hybridized carbons (Fsp3) is 0.769. The molecule has 2 aliphatic carbocycles. The van der Waals surface area contributed by atoms with Gasteiger partial charge in [-0.2, -0.15) is 0 Å². The summed E-state index contributed by atoms with van der Waals surface area (Å²) in [5.74, 6) is 0.259. The van der Waals surface area contributed by atoms with Crippen molar-refractivity contribution < 1.29 is 23.9 Å². The van der Waals surface area contributed by atoms with Crippen molar-refractivity contribution in [3.63, 3.8) is 0 Å². The van der Waals surface area contributed by atoms with Crippen molar-refractivity contribution in [2.24, 2.45) is 22.7 Å². The smallest absolute Gasteiger partial charge is 0.336 e. The molecule has 0 aromatic rings. The number of hydrogen-bond acceptors (Lipinski definition) is 5. The number of hydrogen-bond donors (Lipinski definition) is 1. The zero-order valence-corrected chi connectivity index (χ0v) is 22.0. The van der Waals surface area contributed by atoms with E-state index in [1.54, 1.807) is 0 Å². The molecule has 0 bridgehead atoms. The van der Waals surface area contributed by atoms with Gasteiger partial charge in [-0.15, -0.1) is 0 Å². The van der Waals surface area contributed by atoms with Gasteiger partial charge in [-0.05, 0) is 61.1 Å². The number of allylic oxidation sites excluding steroid dienone is 2. The summed E-state index contributed by atoms with van der Waals surface area (Å²) < 4.78 is 11.6. The minimum absolute atomic E-state index is 0.0353. The van der Waals surface area contributed by atoms with Gasteiger partial charge in [-0.25, -0.2) is 4.79 Å². The van der Waals surface area contributed by atoms with E-state index in [4.69, 9.17) is 9.16 Å². The van der Waals surface area contributed by atoms with Crippen LogP contribution in [0.2, 0.25) is 18.1 Å². The normalized spacial score (nSPS) is 37.6. The number of Topliss-reactive ketones (excluding diaryl/α,β-unsaturated/α-hetero) is 1. The van der Waals surface area contributed by atoms with Crippen molar-refractivity contribution in [2.45, 2.75) is 91.0 Å². The number of esters is 1. The number of ketones is 1. The Bertz CT molecular complexity index is 823. The van der Waals surface area contributed by atoms with E-state index in [9.17, 15) is 14.7 Å². The van der Waals surface area contributed by atoms with Crippen LogP contribution in [-0.4, -0.2) is 44.5 Å². The topological polar surface area (TPSA) is 72.8 Å². The van der Waals surface area contributed by atoms with Crippen molar-refractivity contribution in [3.8, 4) is 0 Å². The second kappa shape index (κ2) is 8.52. The molecule has 0 amide bonds. The quantitative estimate of drug-likeness (QED) is 0.263. The maximum atomic E-state index is 13.3. The van der Waals surface area contributed by atoms with Gasteiger partial charge in [0.2, 0.25) is 0 Å². The van der Waals surface area contributed by atoms with Gasteiger partial charge in [-0.3, -0.25) is 4.79 Å². The summed E-state index contributed by atoms with van der Waals surface area (Å²) in [5.41, 5.74) is 0.933. The van der Waals surface area contributed by atoms with Gasteiger partial charge >= 0.3 is 5.97 Å². The Morgan fingerprint density at radius 1 is 1.25 bits per heavy atom. The molecule has 1 N–H and O–H groups in total. The SMILES string of the molecule is C=C1CC[C@H]2[C@@](C)(CCC(=O)[C@@]2(C)CO[Si](C)(C)C(C)(C)C)[C@@H]1C/C=C1/C(=O)OC[C@@H]1O. The van der Waals surface area contributed by atoms with Crippen LogP contribution in [0.15, 0.2) is 23.8 Å². The van der Waals surface area contributed by atoms with E-state index in [0.29, 0.717) is 30.8 Å². The summed E-state index contributed by atoms with van der Waals surface area (Å²) in [4.78, 5) is 25.3. The van der Waals surface area contributed by atoms with Crippen LogP contribution >= 0.6 is 0 Å². The number of aliphatic hydroxyl groups is 1. The molecule has 0 aromatic heterocycles. The molecule has 3 rings (SSSR count). The Morgan fingerprint density at radius 3 is 2.47 bits per heavy atom. The molecule has 3 aliphatic rings. The lowest BCUT2D eigenvalue weighted by atomic mass is 9.46. The molecule has 0 spiro atoms. The summed E-state index contributed by atoms with van der Waals surface area (Å²) in [7, 11) is -1.98. The van der Waals surface area contributed by atoms with Crippen LogP contribution in [0.4, 0.5) is 0 Å². The molecular weight excluding hydrogens is 420 g/mol. The van der Waals surface area contributed by atoms with E-state index in [0.717, 1.165) is 19.3 Å². The molecule has 1 saturated heterocycles. The molecule has 1 heterocycles. The molecular formula is C26H42O5Si. The highest BCUT2D eigenvalue weighted by molar-refractivity contribution is 6.74. The maximum absolute atomic E-state index is 13.3. The van der Waals surface area contributed by atoms with Crippen LogP contribution in [0.1, 0.15) is 66.7 Å². The zero-order valence-electron chi connectivity index (χ0n) is 21.0. The average Bonchev–Trinajstić information content (AvgIpc) is 3.00. The summed E-state index contributed by atoms with van der Waals surface area (Å²) in [5, 5.41) is 10.2. The van der Waals surface area contributed by atoms with Gasteiger partial charge < -0.3 is 14.3 Å². The van der Waals surface area contributed by atoms with Crippen molar-refractivity contribution in [1.29, 1.82) is 0 Å². The summed E-state index contributed by atoms with van der Waals surface area (Å²) in [6.07, 6.45) is 4.84. The third-order valence-electron chi connectivity index (χ3n) is 9.22. The van der Waals surface area contributed by atoms with Gasteiger partial charge in [0.25, 0.3) is 0 Å². The molecule has 5 atom stereocenters. The zero-order chi connectivity index (χ0) is 24.1. The highest BCUT2D eigenvalue weighted by atomic mass is 28.4. The lowest BCUT2D eigenvalue weighted by Crippen LogP contribution is -2.57. The minimum atomic E-state index is -1.98. The molecule has 0 radical (unpaired) electrons. The van der Waals surface area contributed by atoms with Gasteiger partial charge in [-0.1, -0.05) is 52.8 Å². The highest BCUT2D eigenvalue weighted by Gasteiger charge is 2.58. The third kappa shape index (κ3) is 4.30. The van der Waals surface area contributed by atoms with Gasteiger partial charge in [0.05, 0.1) is 11.0 Å². The van der Waals surface area contributed by atoms with Gasteiger partial charge in [0.15, 0.2) is 8.32 Å². The Kier molecular flexibility index (Phi) is 6.75. The predicted octanol–water partition coefficient (Wildman–Crippen LogP) is 5.20. The molecule has 0 aromatic carbocycles. The molecule has 3 fully saturated rings. The Labute approximate surface area is 194 Å². The Balaban J connectivity index is 1.88. The van der Waals surface area contributed by atoms with Crippen molar-refractivity contribution in [2.75, 3.05) is 13.2 Å². The molecule has 5 nitrogen and oxygen atoms in total. The number of fused-ring (bicyclic) bond motifs is 1. The van der Waals surface area contributed by atoms with Crippen LogP contribution in [0, 0.1) is 22.7 Å². The number of aliphatic hydroxyl groups excluding tert-OH is 1. The van der Waals surface area contributed by atoms with E-state index in [-0.39, 0.29) is 28.9 Å². The predicted molar refractivity (Wildman–Crippen MR) is 129 cm³/mol. The van der Waals surface area contributed by atoms with Crippen LogP contribution in [0.25, 0.3) is 0 Å². The Morgan fingerprint density at radius 2 is 1.91 bits per heavy atom. The number of rotatable bonds is 5. The van der Waals surface area contributed by atoms with Crippen molar-refractivity contribution in [3.05, 3.63) is 23.8 Å². The average molecular weight is 463 g/mol. The molecule has 180 valence electrons. The van der Waals surface area contributed by atoms with Crippen LogP contribution in [0.5, 0.6) is 0 Å². The standard InChI is InChI=1S/C26H42O5Si/c1-17-9-12-21-25(5,19(17)11-10-18-20(27)15-30-23(18)29)14-13-22(28)26(21,6)16-31-32(7,8)24(2,3)4/h10,19-21,27H,1,9,11-16H2,2-8H3/b18-10+/t19-,20+,21+,25+,26+/m1/s1.